The number of halogens is 2. The van der Waals surface area contributed by atoms with Crippen molar-refractivity contribution in [3.63, 3.8) is 0 Å². The van der Waals surface area contributed by atoms with Gasteiger partial charge in [0.2, 0.25) is 0 Å². The van der Waals surface area contributed by atoms with Crippen LogP contribution in [0.15, 0.2) is 36.7 Å². The number of amides is 1. The number of pyridine rings is 1. The Kier molecular flexibility index (Phi) is 4.72. The zero-order valence-corrected chi connectivity index (χ0v) is 12.1. The van der Waals surface area contributed by atoms with Crippen LogP contribution >= 0.6 is 23.2 Å². The predicted octanol–water partition coefficient (Wildman–Crippen LogP) is 3.23. The second-order valence-corrected chi connectivity index (χ2v) is 4.87. The Morgan fingerprint density at radius 2 is 1.95 bits per heavy atom. The highest BCUT2D eigenvalue weighted by Gasteiger charge is 2.19. The van der Waals surface area contributed by atoms with E-state index in [1.807, 2.05) is 0 Å². The maximum Gasteiger partial charge on any atom is 0.290 e. The van der Waals surface area contributed by atoms with Crippen LogP contribution in [0.25, 0.3) is 0 Å². The Morgan fingerprint density at radius 3 is 2.57 bits per heavy atom. The third-order valence-electron chi connectivity index (χ3n) is 2.67. The van der Waals surface area contributed by atoms with Gasteiger partial charge in [-0.05, 0) is 23.8 Å². The van der Waals surface area contributed by atoms with E-state index in [9.17, 15) is 14.9 Å². The van der Waals surface area contributed by atoms with Crippen LogP contribution in [-0.2, 0) is 6.54 Å². The lowest BCUT2D eigenvalue weighted by Crippen LogP contribution is -2.22. The summed E-state index contributed by atoms with van der Waals surface area (Å²) in [6.07, 6.45) is 3.21. The molecule has 0 saturated heterocycles. The van der Waals surface area contributed by atoms with Crippen LogP contribution < -0.4 is 5.32 Å². The van der Waals surface area contributed by atoms with E-state index < -0.39 is 16.5 Å². The van der Waals surface area contributed by atoms with Crippen molar-refractivity contribution in [3.8, 4) is 0 Å². The van der Waals surface area contributed by atoms with Gasteiger partial charge >= 0.3 is 0 Å². The van der Waals surface area contributed by atoms with E-state index in [-0.39, 0.29) is 22.2 Å². The summed E-state index contributed by atoms with van der Waals surface area (Å²) in [5.41, 5.74) is 0.524. The van der Waals surface area contributed by atoms with Crippen LogP contribution in [0.2, 0.25) is 10.0 Å². The smallest absolute Gasteiger partial charge is 0.290 e. The SMILES string of the molecule is O=C(NCc1ccncc1)c1cc(Cl)c(Cl)c([N+](=O)[O-])c1. The Balaban J connectivity index is 2.18. The molecule has 1 aromatic carbocycles. The van der Waals surface area contributed by atoms with E-state index in [4.69, 9.17) is 23.2 Å². The minimum atomic E-state index is -0.687. The maximum atomic E-state index is 12.0. The van der Waals surface area contributed by atoms with Gasteiger partial charge < -0.3 is 5.32 Å². The zero-order valence-electron chi connectivity index (χ0n) is 10.5. The molecule has 2 rings (SSSR count). The number of rotatable bonds is 4. The third-order valence-corrected chi connectivity index (χ3v) is 3.46. The highest BCUT2D eigenvalue weighted by molar-refractivity contribution is 6.43. The van der Waals surface area contributed by atoms with E-state index in [0.717, 1.165) is 11.6 Å². The van der Waals surface area contributed by atoms with Crippen molar-refractivity contribution >= 4 is 34.8 Å². The van der Waals surface area contributed by atoms with E-state index in [1.165, 1.54) is 6.07 Å². The van der Waals surface area contributed by atoms with Crippen molar-refractivity contribution < 1.29 is 9.72 Å². The fourth-order valence-electron chi connectivity index (χ4n) is 1.62. The molecule has 8 heteroatoms. The van der Waals surface area contributed by atoms with Crippen molar-refractivity contribution in [1.82, 2.24) is 10.3 Å². The molecule has 0 unspecified atom stereocenters. The first-order valence-electron chi connectivity index (χ1n) is 5.79. The van der Waals surface area contributed by atoms with Gasteiger partial charge in [-0.15, -0.1) is 0 Å². The highest BCUT2D eigenvalue weighted by atomic mass is 35.5. The summed E-state index contributed by atoms with van der Waals surface area (Å²) in [5, 5.41) is 13.3. The molecule has 0 radical (unpaired) electrons. The molecule has 1 N–H and O–H groups in total. The first-order valence-corrected chi connectivity index (χ1v) is 6.55. The molecule has 1 heterocycles. The number of nitro benzene ring substituents is 1. The molecule has 21 heavy (non-hydrogen) atoms. The summed E-state index contributed by atoms with van der Waals surface area (Å²) in [6, 6.07) is 5.88. The lowest BCUT2D eigenvalue weighted by Gasteiger charge is -2.06. The first kappa shape index (κ1) is 15.2. The van der Waals surface area contributed by atoms with E-state index in [0.29, 0.717) is 0 Å². The van der Waals surface area contributed by atoms with Gasteiger partial charge in [0.15, 0.2) is 0 Å². The third kappa shape index (κ3) is 3.68. The van der Waals surface area contributed by atoms with Gasteiger partial charge in [0, 0.05) is 30.6 Å². The highest BCUT2D eigenvalue weighted by Crippen LogP contribution is 2.33. The van der Waals surface area contributed by atoms with E-state index in [2.05, 4.69) is 10.3 Å². The van der Waals surface area contributed by atoms with Gasteiger partial charge in [-0.2, -0.15) is 0 Å². The number of hydrogen-bond acceptors (Lipinski definition) is 4. The molecule has 1 aromatic heterocycles. The van der Waals surface area contributed by atoms with Gasteiger partial charge in [-0.3, -0.25) is 19.9 Å². The minimum Gasteiger partial charge on any atom is -0.348 e. The quantitative estimate of drug-likeness (QED) is 0.690. The monoisotopic (exact) mass is 325 g/mol. The summed E-state index contributed by atoms with van der Waals surface area (Å²) in [4.78, 5) is 26.0. The molecule has 0 saturated carbocycles. The number of benzene rings is 1. The van der Waals surface area contributed by atoms with Crippen molar-refractivity contribution in [2.45, 2.75) is 6.54 Å². The van der Waals surface area contributed by atoms with Gasteiger partial charge in [0.1, 0.15) is 5.02 Å². The molecule has 0 fully saturated rings. The molecule has 0 spiro atoms. The average Bonchev–Trinajstić information content (AvgIpc) is 2.48. The second kappa shape index (κ2) is 6.51. The number of aromatic nitrogens is 1. The van der Waals surface area contributed by atoms with Crippen molar-refractivity contribution in [2.75, 3.05) is 0 Å². The fourth-order valence-corrected chi connectivity index (χ4v) is 2.02. The Bertz CT molecular complexity index is 693. The average molecular weight is 326 g/mol. The molecule has 0 aliphatic carbocycles. The standard InChI is InChI=1S/C13H9Cl2N3O3/c14-10-5-9(6-11(12(10)15)18(20)21)13(19)17-7-8-1-3-16-4-2-8/h1-6H,7H2,(H,17,19). The molecule has 0 atom stereocenters. The van der Waals surface area contributed by atoms with Crippen molar-refractivity contribution in [3.05, 3.63) is 67.9 Å². The summed E-state index contributed by atoms with van der Waals surface area (Å²) in [7, 11) is 0. The van der Waals surface area contributed by atoms with Crippen molar-refractivity contribution in [1.29, 1.82) is 0 Å². The lowest BCUT2D eigenvalue weighted by molar-refractivity contribution is -0.384. The van der Waals surface area contributed by atoms with Gasteiger partial charge in [-0.25, -0.2) is 0 Å². The number of hydrogen-bond donors (Lipinski definition) is 1. The number of nitro groups is 1. The molecule has 0 bridgehead atoms. The topological polar surface area (TPSA) is 85.1 Å². The molecule has 0 aliphatic heterocycles. The van der Waals surface area contributed by atoms with Crippen LogP contribution in [0.5, 0.6) is 0 Å². The largest absolute Gasteiger partial charge is 0.348 e. The second-order valence-electron chi connectivity index (χ2n) is 4.09. The van der Waals surface area contributed by atoms with Gasteiger partial charge in [0.05, 0.1) is 9.95 Å². The molecule has 6 nitrogen and oxygen atoms in total. The first-order chi connectivity index (χ1) is 9.99. The normalized spacial score (nSPS) is 10.2. The maximum absolute atomic E-state index is 12.0. The number of nitrogens with zero attached hydrogens (tertiary/aromatic N) is 2. The Hall–Kier alpha value is -2.18. The number of carbonyl (C=O) groups is 1. The minimum absolute atomic E-state index is 0.0417. The number of carbonyl (C=O) groups excluding carboxylic acids is 1. The zero-order chi connectivity index (χ0) is 15.4. The summed E-state index contributed by atoms with van der Waals surface area (Å²) < 4.78 is 0. The van der Waals surface area contributed by atoms with E-state index >= 15 is 0 Å². The molecule has 108 valence electrons. The fraction of sp³-hybridized carbons (Fsp3) is 0.0769. The summed E-state index contributed by atoms with van der Waals surface area (Å²) in [5.74, 6) is -0.478. The molecule has 2 aromatic rings. The lowest BCUT2D eigenvalue weighted by atomic mass is 10.2. The molecular weight excluding hydrogens is 317 g/mol. The van der Waals surface area contributed by atoms with Gasteiger partial charge in [-0.1, -0.05) is 23.2 Å². The predicted molar refractivity (Wildman–Crippen MR) is 78.5 cm³/mol. The van der Waals surface area contributed by atoms with Crippen LogP contribution in [0.3, 0.4) is 0 Å². The van der Waals surface area contributed by atoms with Crippen LogP contribution in [0.4, 0.5) is 5.69 Å². The molecular formula is C13H9Cl2N3O3. The summed E-state index contributed by atoms with van der Waals surface area (Å²) >= 11 is 11.5. The molecule has 1 amide bonds. The van der Waals surface area contributed by atoms with Crippen LogP contribution in [-0.4, -0.2) is 15.8 Å². The number of nitrogens with one attached hydrogen (secondary N) is 1. The molecule has 0 aliphatic rings. The van der Waals surface area contributed by atoms with Crippen LogP contribution in [0.1, 0.15) is 15.9 Å². The van der Waals surface area contributed by atoms with Crippen molar-refractivity contribution in [2.24, 2.45) is 0 Å². The van der Waals surface area contributed by atoms with Gasteiger partial charge in [0.25, 0.3) is 11.6 Å². The van der Waals surface area contributed by atoms with E-state index in [1.54, 1.807) is 24.5 Å². The summed E-state index contributed by atoms with van der Waals surface area (Å²) in [6.45, 7) is 0.273. The van der Waals surface area contributed by atoms with Crippen LogP contribution in [0, 0.1) is 10.1 Å². The Morgan fingerprint density at radius 1 is 1.29 bits per heavy atom. The Labute approximate surface area is 129 Å².